The molecule has 3 aromatic rings. The lowest BCUT2D eigenvalue weighted by atomic mass is 9.49. The maximum Gasteiger partial charge on any atom is 0.417 e. The summed E-state index contributed by atoms with van der Waals surface area (Å²) in [6.45, 7) is 1.52. The first-order valence-electron chi connectivity index (χ1n) is 17.0. The van der Waals surface area contributed by atoms with E-state index < -0.39 is 93.6 Å². The molecular weight excluding hydrogens is 756 g/mol. The highest BCUT2D eigenvalue weighted by Crippen LogP contribution is 2.65. The number of phenols is 1. The van der Waals surface area contributed by atoms with Crippen molar-refractivity contribution < 1.29 is 52.1 Å². The largest absolute Gasteiger partial charge is 0.504 e. The average molecular weight is 788 g/mol. The number of aliphatic carboxylic acids is 1. The van der Waals surface area contributed by atoms with E-state index in [4.69, 9.17) is 27.9 Å². The van der Waals surface area contributed by atoms with Gasteiger partial charge in [-0.15, -0.1) is 0 Å². The molecule has 4 amide bonds. The van der Waals surface area contributed by atoms with E-state index in [2.05, 4.69) is 10.4 Å². The summed E-state index contributed by atoms with van der Waals surface area (Å²) in [5.41, 5.74) is 0.475. The van der Waals surface area contributed by atoms with E-state index in [0.29, 0.717) is 33.4 Å². The highest BCUT2D eigenvalue weighted by atomic mass is 35.5. The molecule has 3 fully saturated rings. The van der Waals surface area contributed by atoms with E-state index in [1.165, 1.54) is 18.2 Å². The summed E-state index contributed by atoms with van der Waals surface area (Å²) in [6.07, 6.45) is -3.12. The van der Waals surface area contributed by atoms with E-state index in [1.54, 1.807) is 37.3 Å². The fraction of sp³-hybridized carbons (Fsp3) is 0.351. The number of amides is 4. The molecule has 0 bridgehead atoms. The number of carboxylic acids is 1. The molecule has 2 saturated heterocycles. The lowest BCUT2D eigenvalue weighted by molar-refractivity contribution is -0.143. The van der Waals surface area contributed by atoms with Gasteiger partial charge in [0.2, 0.25) is 11.8 Å². The molecule has 0 radical (unpaired) electrons. The first-order chi connectivity index (χ1) is 25.6. The lowest BCUT2D eigenvalue weighted by Crippen LogP contribution is -2.53. The molecule has 6 atom stereocenters. The van der Waals surface area contributed by atoms with Crippen LogP contribution in [0.4, 0.5) is 19.0 Å². The Kier molecular flexibility index (Phi) is 9.37. The highest BCUT2D eigenvalue weighted by molar-refractivity contribution is 6.33. The van der Waals surface area contributed by atoms with Crippen molar-refractivity contribution >= 4 is 58.6 Å². The molecule has 7 rings (SSSR count). The van der Waals surface area contributed by atoms with Gasteiger partial charge < -0.3 is 14.9 Å². The van der Waals surface area contributed by atoms with Crippen molar-refractivity contribution in [1.29, 1.82) is 0 Å². The number of allylic oxidation sites excluding steroid dienone is 2. The van der Waals surface area contributed by atoms with Crippen LogP contribution in [-0.4, -0.2) is 67.9 Å². The summed E-state index contributed by atoms with van der Waals surface area (Å²) in [6, 6.07) is 11.5. The number of pyridine rings is 1. The number of carbonyl (C=O) groups is 5. The Morgan fingerprint density at radius 1 is 1.06 bits per heavy atom. The minimum Gasteiger partial charge on any atom is -0.504 e. The van der Waals surface area contributed by atoms with Crippen molar-refractivity contribution in [3.8, 4) is 11.5 Å². The maximum absolute atomic E-state index is 15.3. The molecule has 3 heterocycles. The number of rotatable bonds is 9. The molecule has 6 unspecified atom stereocenters. The molecule has 1 saturated carbocycles. The van der Waals surface area contributed by atoms with Gasteiger partial charge in [0.25, 0.3) is 11.8 Å². The standard InChI is InChI=1S/C37H31Cl2F3N4O8/c1-2-54-26-5-3-4-22(30(26)49)29-20-10-11-21-28(34(52)45(32(21)50)13-12-27(47)48)23(20)15-24-33(51)46(35(53)36(24,29)17-6-8-19(38)9-7-17)44-31-25(39)14-18(16-43-31)37(40,41)42/h3-10,14,16,21,23-24,28-29,49H,2,11-13,15H2,1H3,(H,43,44)(H,47,48). The first kappa shape index (κ1) is 37.2. The number of fused-ring (bicyclic) bond motifs is 4. The molecule has 2 aliphatic carbocycles. The lowest BCUT2D eigenvalue weighted by Gasteiger charge is -2.50. The number of carbonyl (C=O) groups excluding carboxylic acids is 4. The zero-order valence-electron chi connectivity index (χ0n) is 28.3. The maximum atomic E-state index is 15.3. The molecule has 0 spiro atoms. The molecule has 282 valence electrons. The number of likely N-dealkylation sites (tertiary alicyclic amines) is 1. The number of hydrogen-bond acceptors (Lipinski definition) is 9. The number of halogens is 5. The SMILES string of the molecule is CCOc1cccc(C2C3=CCC4C(=O)N(CCC(=O)O)C(=O)C4C3CC3C(=O)N(Nc4ncc(C(F)(F)F)cc4Cl)C(=O)C32c2ccc(Cl)cc2)c1O. The third kappa shape index (κ3) is 5.75. The van der Waals surface area contributed by atoms with Crippen LogP contribution in [0.3, 0.4) is 0 Å². The number of hydrogen-bond donors (Lipinski definition) is 3. The third-order valence-corrected chi connectivity index (χ3v) is 11.4. The minimum absolute atomic E-state index is 0.0452. The van der Waals surface area contributed by atoms with Crippen LogP contribution in [0.15, 0.2) is 66.4 Å². The normalized spacial score (nSPS) is 26.3. The summed E-state index contributed by atoms with van der Waals surface area (Å²) in [7, 11) is 0. The Bertz CT molecular complexity index is 2130. The Balaban J connectivity index is 1.43. The average Bonchev–Trinajstić information content (AvgIpc) is 3.49. The molecule has 1 aromatic heterocycles. The second-order valence-electron chi connectivity index (χ2n) is 13.5. The number of ether oxygens (including phenoxy) is 1. The van der Waals surface area contributed by atoms with Crippen LogP contribution < -0.4 is 10.2 Å². The molecule has 2 aromatic carbocycles. The molecule has 3 N–H and O–H groups in total. The summed E-state index contributed by atoms with van der Waals surface area (Å²) in [4.78, 5) is 73.7. The van der Waals surface area contributed by atoms with Crippen LogP contribution in [0.1, 0.15) is 48.8 Å². The monoisotopic (exact) mass is 786 g/mol. The quantitative estimate of drug-likeness (QED) is 0.174. The van der Waals surface area contributed by atoms with Gasteiger partial charge in [0.15, 0.2) is 17.3 Å². The predicted octanol–water partition coefficient (Wildman–Crippen LogP) is 5.97. The second kappa shape index (κ2) is 13.6. The van der Waals surface area contributed by atoms with E-state index in [9.17, 15) is 42.6 Å². The van der Waals surface area contributed by atoms with E-state index in [0.717, 1.165) is 4.90 Å². The highest BCUT2D eigenvalue weighted by Gasteiger charge is 2.70. The fourth-order valence-electron chi connectivity index (χ4n) is 8.66. The Morgan fingerprint density at radius 2 is 1.78 bits per heavy atom. The molecule has 2 aliphatic heterocycles. The van der Waals surface area contributed by atoms with Crippen molar-refractivity contribution in [2.24, 2.45) is 23.7 Å². The first-order valence-corrected chi connectivity index (χ1v) is 17.7. The van der Waals surface area contributed by atoms with Crippen LogP contribution in [0, 0.1) is 23.7 Å². The van der Waals surface area contributed by atoms with Gasteiger partial charge in [0.05, 0.1) is 46.8 Å². The van der Waals surface area contributed by atoms with Gasteiger partial charge in [0.1, 0.15) is 0 Å². The van der Waals surface area contributed by atoms with Gasteiger partial charge >= 0.3 is 12.1 Å². The Labute approximate surface area is 315 Å². The number of anilines is 1. The smallest absolute Gasteiger partial charge is 0.417 e. The van der Waals surface area contributed by atoms with Crippen molar-refractivity contribution in [3.63, 3.8) is 0 Å². The molecule has 12 nitrogen and oxygen atoms in total. The number of hydrazine groups is 1. The number of nitrogens with one attached hydrogen (secondary N) is 1. The summed E-state index contributed by atoms with van der Waals surface area (Å²) in [5, 5.41) is 21.5. The van der Waals surface area contributed by atoms with Crippen LogP contribution in [0.5, 0.6) is 11.5 Å². The second-order valence-corrected chi connectivity index (χ2v) is 14.4. The van der Waals surface area contributed by atoms with Crippen molar-refractivity contribution in [2.75, 3.05) is 18.6 Å². The van der Waals surface area contributed by atoms with Crippen molar-refractivity contribution in [2.45, 2.75) is 43.7 Å². The van der Waals surface area contributed by atoms with Crippen molar-refractivity contribution in [1.82, 2.24) is 14.9 Å². The number of benzene rings is 2. The van der Waals surface area contributed by atoms with Crippen LogP contribution >= 0.6 is 23.2 Å². The number of para-hydroxylation sites is 1. The molecular formula is C37H31Cl2F3N4O8. The summed E-state index contributed by atoms with van der Waals surface area (Å²) < 4.78 is 46.0. The number of phenolic OH excluding ortho intramolecular Hbond substituents is 1. The van der Waals surface area contributed by atoms with Crippen LogP contribution in [0.2, 0.25) is 10.0 Å². The van der Waals surface area contributed by atoms with Gasteiger partial charge in [0, 0.05) is 29.2 Å². The number of nitrogens with zero attached hydrogens (tertiary/aromatic N) is 3. The van der Waals surface area contributed by atoms with E-state index in [1.807, 2.05) is 0 Å². The summed E-state index contributed by atoms with van der Waals surface area (Å²) >= 11 is 12.5. The Hall–Kier alpha value is -5.15. The minimum atomic E-state index is -4.78. The van der Waals surface area contributed by atoms with Crippen LogP contribution in [0.25, 0.3) is 0 Å². The number of alkyl halides is 3. The molecule has 4 aliphatic rings. The fourth-order valence-corrected chi connectivity index (χ4v) is 9.00. The number of aromatic hydroxyl groups is 1. The topological polar surface area (TPSA) is 166 Å². The van der Waals surface area contributed by atoms with Crippen LogP contribution in [-0.2, 0) is 35.6 Å². The zero-order chi connectivity index (χ0) is 38.9. The predicted molar refractivity (Wildman–Crippen MR) is 185 cm³/mol. The van der Waals surface area contributed by atoms with Gasteiger partial charge in [-0.25, -0.2) is 4.98 Å². The number of aromatic nitrogens is 1. The van der Waals surface area contributed by atoms with Gasteiger partial charge in [-0.3, -0.25) is 34.3 Å². The molecule has 54 heavy (non-hydrogen) atoms. The van der Waals surface area contributed by atoms with Gasteiger partial charge in [-0.05, 0) is 55.5 Å². The van der Waals surface area contributed by atoms with E-state index >= 15 is 4.79 Å². The van der Waals surface area contributed by atoms with Gasteiger partial charge in [-0.2, -0.15) is 18.2 Å². The van der Waals surface area contributed by atoms with Gasteiger partial charge in [-0.1, -0.05) is 59.1 Å². The summed E-state index contributed by atoms with van der Waals surface area (Å²) in [5.74, 6) is -9.96. The third-order valence-electron chi connectivity index (χ3n) is 10.8. The Morgan fingerprint density at radius 3 is 2.43 bits per heavy atom. The number of imide groups is 2. The molecule has 17 heteroatoms. The number of carboxylic acid groups (broad SMARTS) is 1. The van der Waals surface area contributed by atoms with Crippen molar-refractivity contribution in [3.05, 3.63) is 93.1 Å². The van der Waals surface area contributed by atoms with E-state index in [-0.39, 0.29) is 43.1 Å². The zero-order valence-corrected chi connectivity index (χ0v) is 29.8.